The van der Waals surface area contributed by atoms with Crippen LogP contribution < -0.4 is 4.72 Å². The standard InChI is InChI=1S/C15H20N2O4S3/c1-13-5-7-14(8-6-13)12-17(23(2,18)19)10-9-16-24(20,21)15-4-3-11-22-15/h3-8,11,16H,9-10,12H2,1-2H3. The molecule has 9 heteroatoms. The van der Waals surface area contributed by atoms with Gasteiger partial charge in [0.25, 0.3) is 0 Å². The topological polar surface area (TPSA) is 83.6 Å². The SMILES string of the molecule is Cc1ccc(CN(CCNS(=O)(=O)c2cccs2)S(C)(=O)=O)cc1. The van der Waals surface area contributed by atoms with Crippen LogP contribution in [0.25, 0.3) is 0 Å². The fraction of sp³-hybridized carbons (Fsp3) is 0.333. The van der Waals surface area contributed by atoms with E-state index in [0.29, 0.717) is 0 Å². The van der Waals surface area contributed by atoms with Gasteiger partial charge in [0.2, 0.25) is 20.0 Å². The van der Waals surface area contributed by atoms with Gasteiger partial charge in [-0.15, -0.1) is 11.3 Å². The lowest BCUT2D eigenvalue weighted by Crippen LogP contribution is -2.37. The van der Waals surface area contributed by atoms with Gasteiger partial charge in [-0.3, -0.25) is 0 Å². The first-order valence-corrected chi connectivity index (χ1v) is 11.4. The van der Waals surface area contributed by atoms with Gasteiger partial charge in [0, 0.05) is 19.6 Å². The van der Waals surface area contributed by atoms with Crippen LogP contribution >= 0.6 is 11.3 Å². The number of thiophene rings is 1. The third-order valence-electron chi connectivity index (χ3n) is 3.36. The third-order valence-corrected chi connectivity index (χ3v) is 7.47. The van der Waals surface area contributed by atoms with E-state index in [4.69, 9.17) is 0 Å². The van der Waals surface area contributed by atoms with Crippen molar-refractivity contribution in [3.8, 4) is 0 Å². The molecule has 0 atom stereocenters. The Balaban J connectivity index is 2.01. The Labute approximate surface area is 147 Å². The summed E-state index contributed by atoms with van der Waals surface area (Å²) < 4.78 is 51.9. The lowest BCUT2D eigenvalue weighted by Gasteiger charge is -2.20. The van der Waals surface area contributed by atoms with E-state index < -0.39 is 20.0 Å². The van der Waals surface area contributed by atoms with Crippen molar-refractivity contribution < 1.29 is 16.8 Å². The number of benzene rings is 1. The monoisotopic (exact) mass is 388 g/mol. The van der Waals surface area contributed by atoms with Crippen molar-refractivity contribution in [1.29, 1.82) is 0 Å². The minimum atomic E-state index is -3.59. The molecule has 0 saturated heterocycles. The summed E-state index contributed by atoms with van der Waals surface area (Å²) in [6.07, 6.45) is 1.12. The lowest BCUT2D eigenvalue weighted by atomic mass is 10.1. The van der Waals surface area contributed by atoms with Gasteiger partial charge in [0.1, 0.15) is 4.21 Å². The highest BCUT2D eigenvalue weighted by atomic mass is 32.2. The van der Waals surface area contributed by atoms with E-state index in [0.717, 1.165) is 28.7 Å². The molecule has 0 bridgehead atoms. The highest BCUT2D eigenvalue weighted by molar-refractivity contribution is 7.91. The number of hydrogen-bond donors (Lipinski definition) is 1. The van der Waals surface area contributed by atoms with E-state index in [-0.39, 0.29) is 23.8 Å². The van der Waals surface area contributed by atoms with Gasteiger partial charge < -0.3 is 0 Å². The first kappa shape index (κ1) is 19.1. The number of nitrogens with zero attached hydrogens (tertiary/aromatic N) is 1. The zero-order valence-corrected chi connectivity index (χ0v) is 15.9. The van der Waals surface area contributed by atoms with Crippen molar-refractivity contribution >= 4 is 31.4 Å². The van der Waals surface area contributed by atoms with Gasteiger partial charge in [0.15, 0.2) is 0 Å². The highest BCUT2D eigenvalue weighted by Gasteiger charge is 2.19. The fourth-order valence-corrected chi connectivity index (χ4v) is 4.92. The fourth-order valence-electron chi connectivity index (χ4n) is 2.05. The maximum absolute atomic E-state index is 12.1. The molecule has 1 aromatic carbocycles. The largest absolute Gasteiger partial charge is 0.250 e. The smallest absolute Gasteiger partial charge is 0.212 e. The first-order valence-electron chi connectivity index (χ1n) is 7.22. The van der Waals surface area contributed by atoms with E-state index in [1.807, 2.05) is 31.2 Å². The first-order chi connectivity index (χ1) is 11.2. The van der Waals surface area contributed by atoms with E-state index in [1.165, 1.54) is 10.4 Å². The number of rotatable bonds is 8. The van der Waals surface area contributed by atoms with E-state index >= 15 is 0 Å². The maximum atomic E-state index is 12.1. The van der Waals surface area contributed by atoms with Crippen molar-refractivity contribution in [2.24, 2.45) is 0 Å². The molecule has 1 heterocycles. The van der Waals surface area contributed by atoms with Crippen LogP contribution in [0.5, 0.6) is 0 Å². The minimum absolute atomic E-state index is 0.0131. The Morgan fingerprint density at radius 3 is 2.29 bits per heavy atom. The molecule has 1 aromatic heterocycles. The van der Waals surface area contributed by atoms with E-state index in [1.54, 1.807) is 11.4 Å². The number of aryl methyl sites for hydroxylation is 1. The quantitative estimate of drug-likeness (QED) is 0.747. The van der Waals surface area contributed by atoms with Crippen molar-refractivity contribution in [2.75, 3.05) is 19.3 Å². The zero-order valence-electron chi connectivity index (χ0n) is 13.5. The molecule has 1 N–H and O–H groups in total. The Hall–Kier alpha value is -1.26. The van der Waals surface area contributed by atoms with Crippen LogP contribution in [-0.2, 0) is 26.6 Å². The van der Waals surface area contributed by atoms with Gasteiger partial charge in [-0.25, -0.2) is 21.6 Å². The molecule has 2 aromatic rings. The molecule has 132 valence electrons. The minimum Gasteiger partial charge on any atom is -0.212 e. The molecule has 0 saturated carbocycles. The van der Waals surface area contributed by atoms with Crippen molar-refractivity contribution in [3.63, 3.8) is 0 Å². The van der Waals surface area contributed by atoms with Crippen LogP contribution in [0.15, 0.2) is 46.0 Å². The summed E-state index contributed by atoms with van der Waals surface area (Å²) in [7, 11) is -7.03. The van der Waals surface area contributed by atoms with Crippen molar-refractivity contribution in [1.82, 2.24) is 9.03 Å². The predicted octanol–water partition coefficient (Wildman–Crippen LogP) is 1.80. The van der Waals surface area contributed by atoms with E-state index in [2.05, 4.69) is 4.72 Å². The Bertz CT molecular complexity index is 858. The van der Waals surface area contributed by atoms with Gasteiger partial charge in [-0.05, 0) is 23.9 Å². The molecular weight excluding hydrogens is 368 g/mol. The molecule has 0 spiro atoms. The molecule has 0 fully saturated rings. The third kappa shape index (κ3) is 5.38. The summed E-state index contributed by atoms with van der Waals surface area (Å²) in [5, 5.41) is 1.68. The molecule has 0 radical (unpaired) electrons. The van der Waals surface area contributed by atoms with Crippen molar-refractivity contribution in [3.05, 3.63) is 52.9 Å². The van der Waals surface area contributed by atoms with Crippen LogP contribution in [-0.4, -0.2) is 40.5 Å². The molecule has 24 heavy (non-hydrogen) atoms. The summed E-state index contributed by atoms with van der Waals surface area (Å²) >= 11 is 1.12. The number of hydrogen-bond acceptors (Lipinski definition) is 5. The van der Waals surface area contributed by atoms with Crippen LogP contribution in [0.4, 0.5) is 0 Å². The van der Waals surface area contributed by atoms with Gasteiger partial charge in [-0.1, -0.05) is 35.9 Å². The Morgan fingerprint density at radius 1 is 1.08 bits per heavy atom. The molecule has 0 unspecified atom stereocenters. The molecular formula is C15H20N2O4S3. The Kier molecular flexibility index (Phi) is 6.16. The molecule has 0 aliphatic carbocycles. The molecule has 0 aliphatic rings. The number of nitrogens with one attached hydrogen (secondary N) is 1. The highest BCUT2D eigenvalue weighted by Crippen LogP contribution is 2.15. The summed E-state index contributed by atoms with van der Waals surface area (Å²) in [5.74, 6) is 0. The summed E-state index contributed by atoms with van der Waals surface area (Å²) in [6.45, 7) is 2.24. The van der Waals surface area contributed by atoms with Crippen LogP contribution in [0.1, 0.15) is 11.1 Å². The van der Waals surface area contributed by atoms with Gasteiger partial charge >= 0.3 is 0 Å². The average molecular weight is 389 g/mol. The van der Waals surface area contributed by atoms with Crippen LogP contribution in [0.3, 0.4) is 0 Å². The maximum Gasteiger partial charge on any atom is 0.250 e. The van der Waals surface area contributed by atoms with E-state index in [9.17, 15) is 16.8 Å². The van der Waals surface area contributed by atoms with Crippen molar-refractivity contribution in [2.45, 2.75) is 17.7 Å². The molecule has 0 amide bonds. The second kappa shape index (κ2) is 7.75. The average Bonchev–Trinajstić information content (AvgIpc) is 3.02. The van der Waals surface area contributed by atoms with Gasteiger partial charge in [0.05, 0.1) is 6.26 Å². The van der Waals surface area contributed by atoms with Crippen LogP contribution in [0.2, 0.25) is 0 Å². The predicted molar refractivity (Wildman–Crippen MR) is 95.9 cm³/mol. The Morgan fingerprint density at radius 2 is 1.75 bits per heavy atom. The summed E-state index contributed by atoms with van der Waals surface area (Å²) in [6, 6.07) is 10.7. The summed E-state index contributed by atoms with van der Waals surface area (Å²) in [4.78, 5) is 0. The lowest BCUT2D eigenvalue weighted by molar-refractivity contribution is 0.412. The second-order valence-electron chi connectivity index (χ2n) is 5.41. The normalized spacial score (nSPS) is 12.6. The zero-order chi connectivity index (χ0) is 17.8. The summed E-state index contributed by atoms with van der Waals surface area (Å²) in [5.41, 5.74) is 1.94. The number of sulfonamides is 2. The van der Waals surface area contributed by atoms with Crippen LogP contribution in [0, 0.1) is 6.92 Å². The second-order valence-corrected chi connectivity index (χ2v) is 10.3. The molecule has 6 nitrogen and oxygen atoms in total. The molecule has 0 aliphatic heterocycles. The molecule has 2 rings (SSSR count). The van der Waals surface area contributed by atoms with Gasteiger partial charge in [-0.2, -0.15) is 4.31 Å².